The molecule has 170 valence electrons. The highest BCUT2D eigenvalue weighted by molar-refractivity contribution is 5.89. The molecule has 32 heavy (non-hydrogen) atoms. The highest BCUT2D eigenvalue weighted by atomic mass is 19.1. The number of hydrogen-bond acceptors (Lipinski definition) is 4. The van der Waals surface area contributed by atoms with Crippen molar-refractivity contribution in [1.29, 1.82) is 0 Å². The summed E-state index contributed by atoms with van der Waals surface area (Å²) in [7, 11) is 3.12. The Morgan fingerprint density at radius 1 is 1.09 bits per heavy atom. The van der Waals surface area contributed by atoms with Gasteiger partial charge in [-0.3, -0.25) is 9.59 Å². The van der Waals surface area contributed by atoms with Crippen LogP contribution in [-0.2, 0) is 15.0 Å². The van der Waals surface area contributed by atoms with E-state index in [4.69, 9.17) is 9.47 Å². The second-order valence-corrected chi connectivity index (χ2v) is 8.55. The number of methoxy groups -OCH3 is 2. The average molecular weight is 441 g/mol. The molecule has 1 aliphatic heterocycles. The van der Waals surface area contributed by atoms with Gasteiger partial charge in [-0.05, 0) is 43.0 Å². The van der Waals surface area contributed by atoms with Crippen LogP contribution in [0, 0.1) is 5.82 Å². The predicted octanol–water partition coefficient (Wildman–Crippen LogP) is 3.79. The maximum absolute atomic E-state index is 14.7. The van der Waals surface area contributed by atoms with E-state index in [0.717, 1.165) is 18.4 Å². The van der Waals surface area contributed by atoms with E-state index in [0.29, 0.717) is 42.7 Å². The van der Waals surface area contributed by atoms with Crippen LogP contribution in [0.5, 0.6) is 11.5 Å². The Bertz CT molecular complexity index is 1000. The Morgan fingerprint density at radius 3 is 2.50 bits per heavy atom. The van der Waals surface area contributed by atoms with Crippen LogP contribution in [0.3, 0.4) is 0 Å². The fourth-order valence-electron chi connectivity index (χ4n) is 5.07. The summed E-state index contributed by atoms with van der Waals surface area (Å²) in [5.41, 5.74) is 0.388. The van der Waals surface area contributed by atoms with E-state index in [1.807, 2.05) is 12.1 Å². The molecule has 2 amide bonds. The maximum Gasteiger partial charge on any atom is 0.231 e. The molecular formula is C25H29FN2O4. The molecule has 4 rings (SSSR count). The summed E-state index contributed by atoms with van der Waals surface area (Å²) in [5.74, 6) is 0.543. The molecule has 0 aromatic heterocycles. The third-order valence-electron chi connectivity index (χ3n) is 6.77. The van der Waals surface area contributed by atoms with Crippen molar-refractivity contribution in [2.45, 2.75) is 56.0 Å². The monoisotopic (exact) mass is 440 g/mol. The van der Waals surface area contributed by atoms with Gasteiger partial charge in [0.1, 0.15) is 5.82 Å². The normalized spacial score (nSPS) is 22.2. The number of piperidine rings is 1. The van der Waals surface area contributed by atoms with E-state index in [9.17, 15) is 14.0 Å². The molecule has 0 bridgehead atoms. The molecule has 1 heterocycles. The van der Waals surface area contributed by atoms with Crippen molar-refractivity contribution in [3.63, 3.8) is 0 Å². The molecule has 2 aromatic carbocycles. The molecule has 1 saturated carbocycles. The summed E-state index contributed by atoms with van der Waals surface area (Å²) in [6.07, 6.45) is 3.80. The minimum absolute atomic E-state index is 0.0695. The molecule has 2 unspecified atom stereocenters. The first-order valence-corrected chi connectivity index (χ1v) is 11.1. The highest BCUT2D eigenvalue weighted by Crippen LogP contribution is 2.43. The summed E-state index contributed by atoms with van der Waals surface area (Å²) in [5, 5.41) is 6.18. The van der Waals surface area contributed by atoms with Crippen molar-refractivity contribution in [3.8, 4) is 11.5 Å². The first-order chi connectivity index (χ1) is 15.5. The topological polar surface area (TPSA) is 76.7 Å². The standard InChI is InChI=1S/C25H29FN2O4/c1-31-20-11-9-16(15-21(20)32-2)23-19(10-12-22(29)28-23)27-24(30)25(13-5-6-14-25)17-7-3-4-8-18(17)26/h3-4,7-9,11,15,19,23H,5-6,10,12-14H2,1-2H3,(H,27,30)(H,28,29). The fraction of sp³-hybridized carbons (Fsp3) is 0.440. The van der Waals surface area contributed by atoms with Gasteiger partial charge in [-0.15, -0.1) is 0 Å². The first kappa shape index (κ1) is 22.1. The zero-order valence-corrected chi connectivity index (χ0v) is 18.4. The summed E-state index contributed by atoms with van der Waals surface area (Å²) < 4.78 is 25.4. The van der Waals surface area contributed by atoms with Crippen molar-refractivity contribution in [2.24, 2.45) is 0 Å². The lowest BCUT2D eigenvalue weighted by molar-refractivity contribution is -0.130. The SMILES string of the molecule is COc1ccc(C2NC(=O)CCC2NC(=O)C2(c3ccccc3F)CCCC2)cc1OC. The van der Waals surface area contributed by atoms with Gasteiger partial charge in [0, 0.05) is 12.0 Å². The fourth-order valence-corrected chi connectivity index (χ4v) is 5.07. The number of rotatable bonds is 6. The minimum Gasteiger partial charge on any atom is -0.493 e. The van der Waals surface area contributed by atoms with Gasteiger partial charge in [0.2, 0.25) is 11.8 Å². The van der Waals surface area contributed by atoms with Crippen molar-refractivity contribution >= 4 is 11.8 Å². The van der Waals surface area contributed by atoms with Gasteiger partial charge >= 0.3 is 0 Å². The van der Waals surface area contributed by atoms with E-state index >= 15 is 0 Å². The van der Waals surface area contributed by atoms with Crippen LogP contribution in [0.15, 0.2) is 42.5 Å². The smallest absolute Gasteiger partial charge is 0.231 e. The highest BCUT2D eigenvalue weighted by Gasteiger charge is 2.46. The van der Waals surface area contributed by atoms with Crippen molar-refractivity contribution < 1.29 is 23.5 Å². The molecule has 2 aliphatic rings. The Balaban J connectivity index is 1.63. The quantitative estimate of drug-likeness (QED) is 0.717. The van der Waals surface area contributed by atoms with E-state index in [1.165, 1.54) is 6.07 Å². The van der Waals surface area contributed by atoms with Gasteiger partial charge in [-0.25, -0.2) is 4.39 Å². The number of carbonyl (C=O) groups is 2. The van der Waals surface area contributed by atoms with Crippen LogP contribution in [-0.4, -0.2) is 32.1 Å². The lowest BCUT2D eigenvalue weighted by Crippen LogP contribution is -2.54. The third kappa shape index (κ3) is 4.04. The summed E-state index contributed by atoms with van der Waals surface area (Å²) >= 11 is 0. The van der Waals surface area contributed by atoms with Gasteiger partial charge in [0.25, 0.3) is 0 Å². The van der Waals surface area contributed by atoms with Gasteiger partial charge in [0.15, 0.2) is 11.5 Å². The molecule has 0 radical (unpaired) electrons. The summed E-state index contributed by atoms with van der Waals surface area (Å²) in [4.78, 5) is 25.8. The zero-order valence-electron chi connectivity index (χ0n) is 18.4. The first-order valence-electron chi connectivity index (χ1n) is 11.1. The number of hydrogen-bond donors (Lipinski definition) is 2. The second kappa shape index (κ2) is 9.18. The lowest BCUT2D eigenvalue weighted by atomic mass is 9.77. The van der Waals surface area contributed by atoms with Crippen molar-refractivity contribution in [1.82, 2.24) is 10.6 Å². The second-order valence-electron chi connectivity index (χ2n) is 8.55. The molecule has 0 spiro atoms. The number of nitrogens with one attached hydrogen (secondary N) is 2. The molecular weight excluding hydrogens is 411 g/mol. The van der Waals surface area contributed by atoms with Gasteiger partial charge < -0.3 is 20.1 Å². The molecule has 7 heteroatoms. The lowest BCUT2D eigenvalue weighted by Gasteiger charge is -2.37. The Hall–Kier alpha value is -3.09. The van der Waals surface area contributed by atoms with Gasteiger partial charge in [-0.2, -0.15) is 0 Å². The van der Waals surface area contributed by atoms with Crippen LogP contribution in [0.4, 0.5) is 4.39 Å². The molecule has 2 fully saturated rings. The van der Waals surface area contributed by atoms with E-state index < -0.39 is 11.5 Å². The van der Waals surface area contributed by atoms with Crippen LogP contribution in [0.2, 0.25) is 0 Å². The number of benzene rings is 2. The maximum atomic E-state index is 14.7. The molecule has 1 aliphatic carbocycles. The van der Waals surface area contributed by atoms with Crippen molar-refractivity contribution in [2.75, 3.05) is 14.2 Å². The minimum atomic E-state index is -0.880. The third-order valence-corrected chi connectivity index (χ3v) is 6.77. The average Bonchev–Trinajstić information content (AvgIpc) is 3.31. The Kier molecular flexibility index (Phi) is 6.35. The van der Waals surface area contributed by atoms with Gasteiger partial charge in [0.05, 0.1) is 31.7 Å². The number of amides is 2. The number of halogens is 1. The van der Waals surface area contributed by atoms with E-state index in [2.05, 4.69) is 10.6 Å². The van der Waals surface area contributed by atoms with Crippen LogP contribution >= 0.6 is 0 Å². The molecule has 2 atom stereocenters. The number of carbonyl (C=O) groups excluding carboxylic acids is 2. The predicted molar refractivity (Wildman–Crippen MR) is 118 cm³/mol. The Labute approximate surface area is 187 Å². The van der Waals surface area contributed by atoms with Crippen LogP contribution in [0.25, 0.3) is 0 Å². The largest absolute Gasteiger partial charge is 0.493 e. The summed E-state index contributed by atoms with van der Waals surface area (Å²) in [6.45, 7) is 0. The molecule has 6 nitrogen and oxygen atoms in total. The van der Waals surface area contributed by atoms with E-state index in [-0.39, 0.29) is 23.7 Å². The van der Waals surface area contributed by atoms with E-state index in [1.54, 1.807) is 38.5 Å². The van der Waals surface area contributed by atoms with Crippen LogP contribution in [0.1, 0.15) is 55.7 Å². The number of ether oxygens (including phenoxy) is 2. The zero-order chi connectivity index (χ0) is 22.7. The van der Waals surface area contributed by atoms with Crippen LogP contribution < -0.4 is 20.1 Å². The molecule has 2 aromatic rings. The van der Waals surface area contributed by atoms with Gasteiger partial charge in [-0.1, -0.05) is 37.1 Å². The van der Waals surface area contributed by atoms with Crippen molar-refractivity contribution in [3.05, 3.63) is 59.4 Å². The summed E-state index contributed by atoms with van der Waals surface area (Å²) in [6, 6.07) is 11.3. The molecule has 1 saturated heterocycles. The molecule has 2 N–H and O–H groups in total. The Morgan fingerprint density at radius 2 is 1.81 bits per heavy atom.